The molecule has 9 heteroatoms. The van der Waals surface area contributed by atoms with E-state index in [1.807, 2.05) is 0 Å². The van der Waals surface area contributed by atoms with E-state index in [9.17, 15) is 19.2 Å². The maximum atomic E-state index is 13.3. The smallest absolute Gasteiger partial charge is 0.410 e. The highest BCUT2D eigenvalue weighted by molar-refractivity contribution is 5.94. The molecule has 0 spiro atoms. The van der Waals surface area contributed by atoms with Crippen LogP contribution in [-0.2, 0) is 23.9 Å². The minimum Gasteiger partial charge on any atom is -0.467 e. The van der Waals surface area contributed by atoms with Gasteiger partial charge >= 0.3 is 12.1 Å². The largest absolute Gasteiger partial charge is 0.467 e. The summed E-state index contributed by atoms with van der Waals surface area (Å²) in [5.41, 5.74) is -0.641. The summed E-state index contributed by atoms with van der Waals surface area (Å²) in [6.45, 7) is 6.81. The van der Waals surface area contributed by atoms with Gasteiger partial charge in [0.05, 0.1) is 7.11 Å². The summed E-state index contributed by atoms with van der Waals surface area (Å²) in [5.74, 6) is -0.817. The van der Waals surface area contributed by atoms with Crippen molar-refractivity contribution in [1.82, 2.24) is 14.7 Å². The Morgan fingerprint density at radius 1 is 0.733 bits per heavy atom. The van der Waals surface area contributed by atoms with Crippen LogP contribution in [0.25, 0.3) is 0 Å². The topological polar surface area (TPSA) is 96.5 Å². The summed E-state index contributed by atoms with van der Waals surface area (Å²) < 4.78 is 10.3. The molecule has 0 aromatic rings. The van der Waals surface area contributed by atoms with Gasteiger partial charge in [-0.1, -0.05) is 0 Å². The van der Waals surface area contributed by atoms with Gasteiger partial charge in [-0.2, -0.15) is 0 Å². The number of carbonyl (C=O) groups excluding carboxylic acids is 4. The summed E-state index contributed by atoms with van der Waals surface area (Å²) in [5, 5.41) is 0. The standard InChI is InChI=1S/C21H33N3O6/c1-21(2,3)30-20(28)24-13-6-9-15(24)18(26)22-11-5-8-14(22)17(25)23-12-7-10-16(23)19(27)29-4/h14-16H,5-13H2,1-4H3. The molecule has 3 amide bonds. The third kappa shape index (κ3) is 4.54. The van der Waals surface area contributed by atoms with Gasteiger partial charge in [0.2, 0.25) is 11.8 Å². The quantitative estimate of drug-likeness (QED) is 0.639. The summed E-state index contributed by atoms with van der Waals surface area (Å²) in [6.07, 6.45) is 3.38. The van der Waals surface area contributed by atoms with Crippen LogP contribution in [0.1, 0.15) is 59.3 Å². The molecular weight excluding hydrogens is 390 g/mol. The molecule has 3 aliphatic heterocycles. The predicted octanol–water partition coefficient (Wildman–Crippen LogP) is 1.54. The van der Waals surface area contributed by atoms with E-state index < -0.39 is 35.8 Å². The van der Waals surface area contributed by atoms with Crippen molar-refractivity contribution in [3.8, 4) is 0 Å². The highest BCUT2D eigenvalue weighted by Crippen LogP contribution is 2.29. The van der Waals surface area contributed by atoms with Gasteiger partial charge in [-0.3, -0.25) is 14.5 Å². The molecule has 0 aromatic carbocycles. The number of rotatable bonds is 3. The van der Waals surface area contributed by atoms with Crippen molar-refractivity contribution in [2.24, 2.45) is 0 Å². The van der Waals surface area contributed by atoms with Crippen LogP contribution in [0.5, 0.6) is 0 Å². The lowest BCUT2D eigenvalue weighted by molar-refractivity contribution is -0.154. The molecule has 0 aromatic heterocycles. The van der Waals surface area contributed by atoms with E-state index in [1.54, 1.807) is 30.6 Å². The van der Waals surface area contributed by atoms with Crippen LogP contribution in [-0.4, -0.2) is 89.0 Å². The molecule has 3 fully saturated rings. The molecule has 9 nitrogen and oxygen atoms in total. The first-order valence-corrected chi connectivity index (χ1v) is 10.8. The fraction of sp³-hybridized carbons (Fsp3) is 0.810. The highest BCUT2D eigenvalue weighted by atomic mass is 16.6. The molecule has 0 aliphatic carbocycles. The fourth-order valence-corrected chi connectivity index (χ4v) is 4.64. The number of nitrogens with zero attached hydrogens (tertiary/aromatic N) is 3. The zero-order chi connectivity index (χ0) is 22.1. The van der Waals surface area contributed by atoms with Gasteiger partial charge in [-0.05, 0) is 59.3 Å². The van der Waals surface area contributed by atoms with Crippen LogP contribution >= 0.6 is 0 Å². The molecule has 0 radical (unpaired) electrons. The molecule has 3 heterocycles. The SMILES string of the molecule is COC(=O)C1CCCN1C(=O)C1CCCN1C(=O)C1CCCN1C(=O)OC(C)(C)C. The predicted molar refractivity (Wildman–Crippen MR) is 107 cm³/mol. The first kappa shape index (κ1) is 22.4. The Labute approximate surface area is 177 Å². The maximum absolute atomic E-state index is 13.3. The van der Waals surface area contributed by atoms with Crippen molar-refractivity contribution in [2.45, 2.75) is 83.0 Å². The highest BCUT2D eigenvalue weighted by Gasteiger charge is 2.46. The molecule has 0 bridgehead atoms. The van der Waals surface area contributed by atoms with Crippen LogP contribution < -0.4 is 0 Å². The minimum absolute atomic E-state index is 0.199. The summed E-state index contributed by atoms with van der Waals surface area (Å²) >= 11 is 0. The van der Waals surface area contributed by atoms with E-state index >= 15 is 0 Å². The zero-order valence-electron chi connectivity index (χ0n) is 18.4. The Kier molecular flexibility index (Phi) is 6.57. The van der Waals surface area contributed by atoms with Crippen LogP contribution in [0.15, 0.2) is 0 Å². The number of esters is 1. The van der Waals surface area contributed by atoms with Gasteiger partial charge in [0.1, 0.15) is 23.7 Å². The van der Waals surface area contributed by atoms with Crippen LogP contribution in [0.3, 0.4) is 0 Å². The van der Waals surface area contributed by atoms with E-state index in [4.69, 9.17) is 9.47 Å². The minimum atomic E-state index is -0.641. The molecule has 3 unspecified atom stereocenters. The molecule has 3 aliphatic rings. The first-order chi connectivity index (χ1) is 14.1. The van der Waals surface area contributed by atoms with E-state index in [2.05, 4.69) is 0 Å². The summed E-state index contributed by atoms with van der Waals surface area (Å²) in [7, 11) is 1.32. The molecule has 0 saturated carbocycles. The van der Waals surface area contributed by atoms with Crippen molar-refractivity contribution >= 4 is 23.9 Å². The third-order valence-electron chi connectivity index (χ3n) is 6.00. The van der Waals surface area contributed by atoms with Gasteiger partial charge in [-0.25, -0.2) is 9.59 Å². The van der Waals surface area contributed by atoms with Gasteiger partial charge in [0, 0.05) is 19.6 Å². The number of methoxy groups -OCH3 is 1. The van der Waals surface area contributed by atoms with Crippen LogP contribution in [0, 0.1) is 0 Å². The van der Waals surface area contributed by atoms with E-state index in [0.29, 0.717) is 38.9 Å². The Morgan fingerprint density at radius 2 is 1.17 bits per heavy atom. The van der Waals surface area contributed by atoms with E-state index in [-0.39, 0.29) is 11.8 Å². The molecule has 0 N–H and O–H groups in total. The number of likely N-dealkylation sites (tertiary alicyclic amines) is 3. The Bertz CT molecular complexity index is 703. The number of amides is 3. The van der Waals surface area contributed by atoms with Crippen molar-refractivity contribution in [1.29, 1.82) is 0 Å². The van der Waals surface area contributed by atoms with Gasteiger partial charge < -0.3 is 19.3 Å². The third-order valence-corrected chi connectivity index (χ3v) is 6.00. The van der Waals surface area contributed by atoms with E-state index in [0.717, 1.165) is 19.3 Å². The van der Waals surface area contributed by atoms with Crippen molar-refractivity contribution < 1.29 is 28.7 Å². The zero-order valence-corrected chi connectivity index (χ0v) is 18.4. The van der Waals surface area contributed by atoms with Crippen LogP contribution in [0.2, 0.25) is 0 Å². The van der Waals surface area contributed by atoms with Crippen molar-refractivity contribution in [2.75, 3.05) is 26.7 Å². The number of hydrogen-bond donors (Lipinski definition) is 0. The second kappa shape index (κ2) is 8.81. The van der Waals surface area contributed by atoms with Crippen LogP contribution in [0.4, 0.5) is 4.79 Å². The lowest BCUT2D eigenvalue weighted by atomic mass is 10.1. The molecule has 3 rings (SSSR count). The maximum Gasteiger partial charge on any atom is 0.410 e. The number of hydrogen-bond acceptors (Lipinski definition) is 6. The monoisotopic (exact) mass is 423 g/mol. The average Bonchev–Trinajstić information content (AvgIpc) is 3.44. The Morgan fingerprint density at radius 3 is 1.67 bits per heavy atom. The van der Waals surface area contributed by atoms with Gasteiger partial charge in [-0.15, -0.1) is 0 Å². The van der Waals surface area contributed by atoms with Gasteiger partial charge in [0.15, 0.2) is 0 Å². The lowest BCUT2D eigenvalue weighted by Gasteiger charge is -2.34. The molecule has 168 valence electrons. The second-order valence-electron chi connectivity index (χ2n) is 9.23. The normalized spacial score (nSPS) is 26.8. The van der Waals surface area contributed by atoms with Crippen molar-refractivity contribution in [3.05, 3.63) is 0 Å². The number of carbonyl (C=O) groups is 4. The summed E-state index contributed by atoms with van der Waals surface area (Å²) in [6, 6.07) is -1.78. The first-order valence-electron chi connectivity index (χ1n) is 10.8. The molecular formula is C21H33N3O6. The molecule has 30 heavy (non-hydrogen) atoms. The van der Waals surface area contributed by atoms with Crippen molar-refractivity contribution in [3.63, 3.8) is 0 Å². The molecule has 3 atom stereocenters. The lowest BCUT2D eigenvalue weighted by Crippen LogP contribution is -2.55. The average molecular weight is 424 g/mol. The summed E-state index contributed by atoms with van der Waals surface area (Å²) in [4.78, 5) is 55.8. The van der Waals surface area contributed by atoms with E-state index in [1.165, 1.54) is 12.0 Å². The fourth-order valence-electron chi connectivity index (χ4n) is 4.64. The Hall–Kier alpha value is -2.32. The Balaban J connectivity index is 1.71. The second-order valence-corrected chi connectivity index (χ2v) is 9.23. The number of ether oxygens (including phenoxy) is 2. The molecule has 3 saturated heterocycles. The van der Waals surface area contributed by atoms with Gasteiger partial charge in [0.25, 0.3) is 0 Å².